The summed E-state index contributed by atoms with van der Waals surface area (Å²) in [4.78, 5) is -0.228. The van der Waals surface area contributed by atoms with E-state index in [4.69, 9.17) is 16.3 Å². The van der Waals surface area contributed by atoms with Gasteiger partial charge in [-0.3, -0.25) is 0 Å². The van der Waals surface area contributed by atoms with Crippen molar-refractivity contribution in [3.05, 3.63) is 58.6 Å². The third-order valence-electron chi connectivity index (χ3n) is 8.15. The van der Waals surface area contributed by atoms with Crippen molar-refractivity contribution < 1.29 is 35.5 Å². The maximum Gasteiger partial charge on any atom is 0.217 e. The van der Waals surface area contributed by atoms with Crippen molar-refractivity contribution >= 4 is 31.5 Å². The van der Waals surface area contributed by atoms with Gasteiger partial charge in [0, 0.05) is 11.1 Å². The highest BCUT2D eigenvalue weighted by atomic mass is 35.5. The van der Waals surface area contributed by atoms with Crippen LogP contribution in [-0.4, -0.2) is 44.9 Å². The van der Waals surface area contributed by atoms with E-state index in [9.17, 15) is 26.3 Å². The lowest BCUT2D eigenvalue weighted by molar-refractivity contribution is -0.0888. The van der Waals surface area contributed by atoms with Crippen LogP contribution in [0.15, 0.2) is 41.3 Å². The number of nitrogens with one attached hydrogen (secondary N) is 1. The molecule has 1 heterocycles. The quantitative estimate of drug-likeness (QED) is 0.598. The molecular weight excluding hydrogens is 524 g/mol. The standard InChI is InChI=1S/C23H22ClF2NO6S2/c24-14-1-3-16(4-2-14)34(29,30)23-8-7-15(27-35(31,32)21-9-13(21)10-21)11-22(23,28)12-33-20-18(26)6-5-17(25)19(20)23/h1-6,13,15,27-28H,7-12H2/t13?,15-,21?,22+,23-/m1/s1. The fourth-order valence-corrected chi connectivity index (χ4v) is 10.6. The molecule has 2 aromatic rings. The molecule has 3 aliphatic carbocycles. The predicted octanol–water partition coefficient (Wildman–Crippen LogP) is 3.05. The highest BCUT2D eigenvalue weighted by Crippen LogP contribution is 2.71. The third-order valence-corrected chi connectivity index (χ3v) is 13.4. The van der Waals surface area contributed by atoms with Crippen LogP contribution < -0.4 is 9.46 Å². The molecule has 188 valence electrons. The minimum absolute atomic E-state index is 0.00942. The number of ether oxygens (including phenoxy) is 1. The summed E-state index contributed by atoms with van der Waals surface area (Å²) in [7, 11) is -8.22. The Labute approximate surface area is 206 Å². The summed E-state index contributed by atoms with van der Waals surface area (Å²) in [5, 5.41) is 12.2. The highest BCUT2D eigenvalue weighted by Gasteiger charge is 2.78. The van der Waals surface area contributed by atoms with Gasteiger partial charge in [-0.25, -0.2) is 30.3 Å². The summed E-state index contributed by atoms with van der Waals surface area (Å²) >= 11 is 5.92. The largest absolute Gasteiger partial charge is 0.487 e. The Morgan fingerprint density at radius 2 is 1.63 bits per heavy atom. The van der Waals surface area contributed by atoms with E-state index >= 15 is 4.39 Å². The molecule has 2 N–H and O–H groups in total. The first-order chi connectivity index (χ1) is 16.4. The zero-order chi connectivity index (χ0) is 25.0. The molecule has 7 nitrogen and oxygen atoms in total. The number of aliphatic hydroxyl groups is 1. The maximum atomic E-state index is 15.3. The van der Waals surface area contributed by atoms with Gasteiger partial charge < -0.3 is 9.84 Å². The van der Waals surface area contributed by atoms with Crippen molar-refractivity contribution in [1.29, 1.82) is 0 Å². The lowest BCUT2D eigenvalue weighted by atomic mass is 9.68. The molecule has 12 heteroatoms. The van der Waals surface area contributed by atoms with E-state index in [1.54, 1.807) is 0 Å². The number of halogens is 3. The summed E-state index contributed by atoms with van der Waals surface area (Å²) in [6.45, 7) is -0.654. The lowest BCUT2D eigenvalue weighted by Gasteiger charge is -2.54. The molecule has 1 aliphatic heterocycles. The Morgan fingerprint density at radius 1 is 1.00 bits per heavy atom. The molecule has 3 saturated carbocycles. The van der Waals surface area contributed by atoms with Gasteiger partial charge >= 0.3 is 0 Å². The Balaban J connectivity index is 1.49. The van der Waals surface area contributed by atoms with Crippen LogP contribution in [-0.2, 0) is 24.6 Å². The SMILES string of the molecule is O=S(=O)(N[C@@H]1CC[C@@]2(S(=O)(=O)c3ccc(Cl)cc3)c3c(F)ccc(F)c3OC[C@@]2(O)C1)C12CC1C2. The molecule has 3 fully saturated rings. The molecule has 4 aliphatic rings. The van der Waals surface area contributed by atoms with Crippen LogP contribution >= 0.6 is 11.6 Å². The Hall–Kier alpha value is -1.79. The molecule has 0 unspecified atom stereocenters. The second kappa shape index (κ2) is 7.16. The molecular formula is C23H22ClF2NO6S2. The minimum Gasteiger partial charge on any atom is -0.487 e. The number of sulfone groups is 1. The predicted molar refractivity (Wildman–Crippen MR) is 122 cm³/mol. The molecule has 0 aromatic heterocycles. The van der Waals surface area contributed by atoms with Crippen molar-refractivity contribution in [2.45, 2.75) is 58.1 Å². The molecule has 0 saturated heterocycles. The first kappa shape index (κ1) is 23.6. The van der Waals surface area contributed by atoms with Crippen molar-refractivity contribution in [1.82, 2.24) is 4.72 Å². The van der Waals surface area contributed by atoms with E-state index < -0.39 is 70.6 Å². The second-order valence-corrected chi connectivity index (χ2v) is 14.7. The summed E-state index contributed by atoms with van der Waals surface area (Å²) in [5.41, 5.74) is -2.83. The maximum absolute atomic E-state index is 15.3. The number of sulfonamides is 1. The van der Waals surface area contributed by atoms with Crippen molar-refractivity contribution in [3.8, 4) is 5.75 Å². The van der Waals surface area contributed by atoms with Crippen LogP contribution in [0.4, 0.5) is 8.78 Å². The van der Waals surface area contributed by atoms with E-state index in [0.717, 1.165) is 12.1 Å². The number of fused-ring (bicyclic) bond motifs is 4. The average Bonchev–Trinajstić information content (AvgIpc) is 3.66. The van der Waals surface area contributed by atoms with Crippen LogP contribution in [0.5, 0.6) is 5.75 Å². The number of benzene rings is 2. The van der Waals surface area contributed by atoms with Gasteiger partial charge in [-0.05, 0) is 74.4 Å². The average molecular weight is 546 g/mol. The van der Waals surface area contributed by atoms with E-state index in [1.165, 1.54) is 24.3 Å². The Bertz CT molecular complexity index is 1460. The lowest BCUT2D eigenvalue weighted by Crippen LogP contribution is -2.67. The van der Waals surface area contributed by atoms with Gasteiger partial charge in [-0.1, -0.05) is 11.6 Å². The van der Waals surface area contributed by atoms with E-state index in [1.807, 2.05) is 0 Å². The monoisotopic (exact) mass is 545 g/mol. The topological polar surface area (TPSA) is 110 Å². The van der Waals surface area contributed by atoms with Gasteiger partial charge in [-0.15, -0.1) is 0 Å². The Kier molecular flexibility index (Phi) is 4.83. The van der Waals surface area contributed by atoms with E-state index in [2.05, 4.69) is 4.72 Å². The van der Waals surface area contributed by atoms with E-state index in [-0.39, 0.29) is 35.1 Å². The molecule has 0 spiro atoms. The van der Waals surface area contributed by atoms with Crippen molar-refractivity contribution in [2.24, 2.45) is 5.92 Å². The molecule has 2 aromatic carbocycles. The van der Waals surface area contributed by atoms with Crippen LogP contribution in [0, 0.1) is 17.6 Å². The summed E-state index contributed by atoms with van der Waals surface area (Å²) < 4.78 is 89.1. The van der Waals surface area contributed by atoms with Crippen LogP contribution in [0.2, 0.25) is 5.02 Å². The first-order valence-corrected chi connectivity index (χ1v) is 14.6. The smallest absolute Gasteiger partial charge is 0.217 e. The van der Waals surface area contributed by atoms with Crippen LogP contribution in [0.1, 0.15) is 37.7 Å². The zero-order valence-corrected chi connectivity index (χ0v) is 20.7. The second-order valence-electron chi connectivity index (χ2n) is 10.1. The molecule has 0 amide bonds. The Morgan fingerprint density at radius 3 is 2.26 bits per heavy atom. The zero-order valence-electron chi connectivity index (χ0n) is 18.3. The van der Waals surface area contributed by atoms with Crippen molar-refractivity contribution in [2.75, 3.05) is 6.61 Å². The molecule has 0 bridgehead atoms. The molecule has 3 atom stereocenters. The highest BCUT2D eigenvalue weighted by molar-refractivity contribution is 7.92. The molecule has 6 rings (SSSR count). The molecule has 0 radical (unpaired) electrons. The van der Waals surface area contributed by atoms with Gasteiger partial charge in [0.1, 0.15) is 22.8 Å². The summed E-state index contributed by atoms with van der Waals surface area (Å²) in [6, 6.07) is 6.04. The normalized spacial score (nSPS) is 35.3. The van der Waals surface area contributed by atoms with Crippen LogP contribution in [0.25, 0.3) is 0 Å². The van der Waals surface area contributed by atoms with Gasteiger partial charge in [-0.2, -0.15) is 0 Å². The van der Waals surface area contributed by atoms with Gasteiger partial charge in [0.05, 0.1) is 15.2 Å². The van der Waals surface area contributed by atoms with E-state index in [0.29, 0.717) is 12.8 Å². The fraction of sp³-hybridized carbons (Fsp3) is 0.478. The third kappa shape index (κ3) is 3.05. The molecule has 35 heavy (non-hydrogen) atoms. The summed E-state index contributed by atoms with van der Waals surface area (Å²) in [6.07, 6.45) is 0.471. The fourth-order valence-electron chi connectivity index (χ4n) is 5.93. The first-order valence-electron chi connectivity index (χ1n) is 11.2. The summed E-state index contributed by atoms with van der Waals surface area (Å²) in [5.74, 6) is -2.40. The number of rotatable bonds is 5. The van der Waals surface area contributed by atoms with Gasteiger partial charge in [0.15, 0.2) is 21.4 Å². The number of hydrogen-bond donors (Lipinski definition) is 2. The number of hydrogen-bond acceptors (Lipinski definition) is 6. The van der Waals surface area contributed by atoms with Gasteiger partial charge in [0.25, 0.3) is 0 Å². The van der Waals surface area contributed by atoms with Crippen LogP contribution in [0.3, 0.4) is 0 Å². The van der Waals surface area contributed by atoms with Crippen molar-refractivity contribution in [3.63, 3.8) is 0 Å². The van der Waals surface area contributed by atoms with Gasteiger partial charge in [0.2, 0.25) is 10.0 Å². The minimum atomic E-state index is -4.56.